The van der Waals surface area contributed by atoms with Crippen molar-refractivity contribution in [1.82, 2.24) is 0 Å². The summed E-state index contributed by atoms with van der Waals surface area (Å²) < 4.78 is 0. The first kappa shape index (κ1) is 13.4. The summed E-state index contributed by atoms with van der Waals surface area (Å²) in [7, 11) is 0. The Morgan fingerprint density at radius 1 is 1.56 bits per heavy atom. The minimum Gasteiger partial charge on any atom is -0.394 e. The van der Waals surface area contributed by atoms with Gasteiger partial charge in [0.15, 0.2) is 0 Å². The van der Waals surface area contributed by atoms with Gasteiger partial charge in [-0.3, -0.25) is 4.99 Å². The summed E-state index contributed by atoms with van der Waals surface area (Å²) in [5.41, 5.74) is 11.4. The summed E-state index contributed by atoms with van der Waals surface area (Å²) in [6.07, 6.45) is 2.64. The number of aliphatic imine (C=N–C) groups is 1. The number of hydrogen-bond acceptors (Lipinski definition) is 5. The molecule has 6 N–H and O–H groups in total. The van der Waals surface area contributed by atoms with E-state index in [0.29, 0.717) is 18.4 Å². The van der Waals surface area contributed by atoms with Crippen molar-refractivity contribution in [2.75, 3.05) is 6.61 Å². The predicted molar refractivity (Wildman–Crippen MR) is 64.1 cm³/mol. The van der Waals surface area contributed by atoms with Gasteiger partial charge in [-0.2, -0.15) is 0 Å². The van der Waals surface area contributed by atoms with Crippen LogP contribution in [-0.2, 0) is 0 Å². The fourth-order valence-corrected chi connectivity index (χ4v) is 2.10. The average molecular weight is 229 g/mol. The van der Waals surface area contributed by atoms with Gasteiger partial charge in [-0.15, -0.1) is 0 Å². The predicted octanol–water partition coefficient (Wildman–Crippen LogP) is -0.397. The monoisotopic (exact) mass is 229 g/mol. The van der Waals surface area contributed by atoms with Crippen molar-refractivity contribution in [1.29, 1.82) is 0 Å². The highest BCUT2D eigenvalue weighted by molar-refractivity contribution is 5.82. The highest BCUT2D eigenvalue weighted by Gasteiger charge is 2.24. The van der Waals surface area contributed by atoms with E-state index in [1.54, 1.807) is 0 Å². The lowest BCUT2D eigenvalue weighted by Crippen LogP contribution is -2.37. The molecule has 0 aromatic rings. The van der Waals surface area contributed by atoms with Crippen LogP contribution in [0.3, 0.4) is 0 Å². The second kappa shape index (κ2) is 6.18. The van der Waals surface area contributed by atoms with Gasteiger partial charge in [0, 0.05) is 12.5 Å². The molecule has 0 radical (unpaired) electrons. The molecule has 0 spiro atoms. The second-order valence-electron chi connectivity index (χ2n) is 4.71. The molecule has 5 nitrogen and oxygen atoms in total. The SMILES string of the molecule is CC1CC(N)=NC1CCCC(N)C(O)CO. The molecule has 4 unspecified atom stereocenters. The molecule has 0 fully saturated rings. The van der Waals surface area contributed by atoms with Gasteiger partial charge < -0.3 is 21.7 Å². The maximum atomic E-state index is 9.29. The van der Waals surface area contributed by atoms with Crippen molar-refractivity contribution < 1.29 is 10.2 Å². The molecule has 0 aromatic carbocycles. The second-order valence-corrected chi connectivity index (χ2v) is 4.71. The van der Waals surface area contributed by atoms with E-state index in [0.717, 1.165) is 25.1 Å². The van der Waals surface area contributed by atoms with Crippen LogP contribution in [0.2, 0.25) is 0 Å². The Balaban J connectivity index is 2.20. The first-order valence-corrected chi connectivity index (χ1v) is 5.91. The standard InChI is InChI=1S/C11H23N3O2/c1-7-5-11(13)14-9(7)4-2-3-8(12)10(16)6-15/h7-10,15-16H,2-6,12H2,1H3,(H2,13,14). The molecule has 4 atom stereocenters. The van der Waals surface area contributed by atoms with E-state index in [-0.39, 0.29) is 12.6 Å². The average Bonchev–Trinajstić information content (AvgIpc) is 2.56. The summed E-state index contributed by atoms with van der Waals surface area (Å²) in [5, 5.41) is 18.0. The number of nitrogens with zero attached hydrogens (tertiary/aromatic N) is 1. The minimum absolute atomic E-state index is 0.272. The molecular weight excluding hydrogens is 206 g/mol. The van der Waals surface area contributed by atoms with E-state index in [9.17, 15) is 5.11 Å². The first-order chi connectivity index (χ1) is 7.54. The normalized spacial score (nSPS) is 28.9. The molecule has 1 aliphatic rings. The van der Waals surface area contributed by atoms with Crippen molar-refractivity contribution >= 4 is 5.84 Å². The zero-order valence-corrected chi connectivity index (χ0v) is 9.84. The summed E-state index contributed by atoms with van der Waals surface area (Å²) in [5.74, 6) is 1.26. The molecule has 0 aromatic heterocycles. The molecule has 1 aliphatic heterocycles. The van der Waals surface area contributed by atoms with Gasteiger partial charge in [0.05, 0.1) is 24.6 Å². The summed E-state index contributed by atoms with van der Waals surface area (Å²) in [6, 6.07) is -0.0403. The maximum absolute atomic E-state index is 9.29. The Morgan fingerprint density at radius 3 is 2.75 bits per heavy atom. The van der Waals surface area contributed by atoms with Crippen molar-refractivity contribution in [3.05, 3.63) is 0 Å². The number of amidine groups is 1. The van der Waals surface area contributed by atoms with Crippen LogP contribution in [0.25, 0.3) is 0 Å². The Labute approximate surface area is 96.5 Å². The number of aliphatic hydroxyl groups excluding tert-OH is 2. The lowest BCUT2D eigenvalue weighted by atomic mass is 9.95. The molecule has 5 heteroatoms. The summed E-state index contributed by atoms with van der Waals surface area (Å²) in [4.78, 5) is 4.37. The molecule has 0 bridgehead atoms. The zero-order chi connectivity index (χ0) is 12.1. The van der Waals surface area contributed by atoms with Gasteiger partial charge in [0.1, 0.15) is 0 Å². The fourth-order valence-electron chi connectivity index (χ4n) is 2.10. The smallest absolute Gasteiger partial charge is 0.0944 e. The first-order valence-electron chi connectivity index (χ1n) is 5.91. The lowest BCUT2D eigenvalue weighted by Gasteiger charge is -2.18. The van der Waals surface area contributed by atoms with Crippen LogP contribution in [0, 0.1) is 5.92 Å². The molecule has 1 heterocycles. The zero-order valence-electron chi connectivity index (χ0n) is 9.84. The van der Waals surface area contributed by atoms with Crippen LogP contribution in [0.1, 0.15) is 32.6 Å². The van der Waals surface area contributed by atoms with Crippen LogP contribution >= 0.6 is 0 Å². The van der Waals surface area contributed by atoms with Gasteiger partial charge in [0.2, 0.25) is 0 Å². The van der Waals surface area contributed by atoms with Crippen LogP contribution < -0.4 is 11.5 Å². The number of rotatable bonds is 6. The van der Waals surface area contributed by atoms with E-state index in [4.69, 9.17) is 16.6 Å². The Morgan fingerprint density at radius 2 is 2.25 bits per heavy atom. The van der Waals surface area contributed by atoms with E-state index in [1.165, 1.54) is 0 Å². The third-order valence-electron chi connectivity index (χ3n) is 3.24. The minimum atomic E-state index is -0.811. The van der Waals surface area contributed by atoms with Crippen LogP contribution in [0.4, 0.5) is 0 Å². The molecule has 0 aliphatic carbocycles. The van der Waals surface area contributed by atoms with Crippen molar-refractivity contribution in [3.8, 4) is 0 Å². The van der Waals surface area contributed by atoms with Gasteiger partial charge >= 0.3 is 0 Å². The fraction of sp³-hybridized carbons (Fsp3) is 0.909. The third kappa shape index (κ3) is 3.73. The Bertz CT molecular complexity index is 245. The van der Waals surface area contributed by atoms with Crippen LogP contribution in [-0.4, -0.2) is 40.8 Å². The van der Waals surface area contributed by atoms with E-state index in [1.807, 2.05) is 0 Å². The van der Waals surface area contributed by atoms with Crippen LogP contribution in [0.15, 0.2) is 4.99 Å². The topological polar surface area (TPSA) is 105 Å². The molecule has 0 amide bonds. The Hall–Kier alpha value is -0.650. The van der Waals surface area contributed by atoms with Gasteiger partial charge in [-0.25, -0.2) is 0 Å². The van der Waals surface area contributed by atoms with E-state index < -0.39 is 6.10 Å². The quantitative estimate of drug-likeness (QED) is 0.497. The Kier molecular flexibility index (Phi) is 5.18. The van der Waals surface area contributed by atoms with Gasteiger partial charge in [0.25, 0.3) is 0 Å². The summed E-state index contributed by atoms with van der Waals surface area (Å²) in [6.45, 7) is 1.88. The maximum Gasteiger partial charge on any atom is 0.0944 e. The van der Waals surface area contributed by atoms with Gasteiger partial charge in [-0.05, 0) is 25.2 Å². The lowest BCUT2D eigenvalue weighted by molar-refractivity contribution is 0.0709. The highest BCUT2D eigenvalue weighted by Crippen LogP contribution is 2.23. The molecule has 0 saturated carbocycles. The van der Waals surface area contributed by atoms with Gasteiger partial charge in [-0.1, -0.05) is 6.92 Å². The number of nitrogens with two attached hydrogens (primary N) is 2. The third-order valence-corrected chi connectivity index (χ3v) is 3.24. The summed E-state index contributed by atoms with van der Waals surface area (Å²) >= 11 is 0. The van der Waals surface area contributed by atoms with Crippen LogP contribution in [0.5, 0.6) is 0 Å². The van der Waals surface area contributed by atoms with Crippen molar-refractivity contribution in [2.24, 2.45) is 22.4 Å². The van der Waals surface area contributed by atoms with Crippen molar-refractivity contribution in [3.63, 3.8) is 0 Å². The molecule has 1 rings (SSSR count). The van der Waals surface area contributed by atoms with Crippen molar-refractivity contribution in [2.45, 2.75) is 50.8 Å². The van der Waals surface area contributed by atoms with E-state index >= 15 is 0 Å². The largest absolute Gasteiger partial charge is 0.394 e. The number of hydrogen-bond donors (Lipinski definition) is 4. The number of aliphatic hydroxyl groups is 2. The molecular formula is C11H23N3O2. The van der Waals surface area contributed by atoms with E-state index in [2.05, 4.69) is 11.9 Å². The molecule has 16 heavy (non-hydrogen) atoms. The molecule has 94 valence electrons. The highest BCUT2D eigenvalue weighted by atomic mass is 16.3. The molecule has 0 saturated heterocycles.